The van der Waals surface area contributed by atoms with Crippen molar-refractivity contribution in [1.29, 1.82) is 0 Å². The monoisotopic (exact) mass is 481 g/mol. The van der Waals surface area contributed by atoms with Crippen molar-refractivity contribution in [3.8, 4) is 17.2 Å². The molecule has 0 radical (unpaired) electrons. The quantitative estimate of drug-likeness (QED) is 0.357. The SMILES string of the molecule is CC.Cc1cc(SC(C)c2oc(-c3ccc(C(F)(F)F)cc3)nc2C)ccc1OCC(=O)O. The number of hydrogen-bond donors (Lipinski definition) is 1. The summed E-state index contributed by atoms with van der Waals surface area (Å²) in [6.07, 6.45) is -4.40. The summed E-state index contributed by atoms with van der Waals surface area (Å²) in [6.45, 7) is 9.15. The minimum atomic E-state index is -4.40. The van der Waals surface area contributed by atoms with Crippen LogP contribution >= 0.6 is 11.8 Å². The third-order valence-electron chi connectivity index (χ3n) is 4.47. The van der Waals surface area contributed by atoms with Crippen molar-refractivity contribution < 1.29 is 32.2 Å². The van der Waals surface area contributed by atoms with E-state index in [0.717, 1.165) is 22.6 Å². The van der Waals surface area contributed by atoms with E-state index in [4.69, 9.17) is 14.3 Å². The van der Waals surface area contributed by atoms with Gasteiger partial charge in [-0.1, -0.05) is 13.8 Å². The lowest BCUT2D eigenvalue weighted by Gasteiger charge is -2.12. The maximum absolute atomic E-state index is 12.8. The molecule has 0 fully saturated rings. The molecule has 0 spiro atoms. The molecule has 0 amide bonds. The van der Waals surface area contributed by atoms with Crippen molar-refractivity contribution in [2.75, 3.05) is 6.61 Å². The van der Waals surface area contributed by atoms with E-state index in [0.29, 0.717) is 22.8 Å². The van der Waals surface area contributed by atoms with Gasteiger partial charge < -0.3 is 14.3 Å². The zero-order valence-corrected chi connectivity index (χ0v) is 19.8. The lowest BCUT2D eigenvalue weighted by Crippen LogP contribution is -2.10. The third-order valence-corrected chi connectivity index (χ3v) is 5.57. The molecule has 1 aromatic heterocycles. The smallest absolute Gasteiger partial charge is 0.416 e. The van der Waals surface area contributed by atoms with E-state index in [1.54, 1.807) is 13.0 Å². The fourth-order valence-electron chi connectivity index (χ4n) is 2.96. The van der Waals surface area contributed by atoms with E-state index in [9.17, 15) is 18.0 Å². The molecule has 5 nitrogen and oxygen atoms in total. The lowest BCUT2D eigenvalue weighted by molar-refractivity contribution is -0.139. The van der Waals surface area contributed by atoms with Gasteiger partial charge in [0.15, 0.2) is 6.61 Å². The first-order valence-corrected chi connectivity index (χ1v) is 11.2. The molecule has 0 saturated heterocycles. The fourth-order valence-corrected chi connectivity index (χ4v) is 4.09. The Hall–Kier alpha value is -2.94. The van der Waals surface area contributed by atoms with E-state index in [-0.39, 0.29) is 11.1 Å². The van der Waals surface area contributed by atoms with Gasteiger partial charge in [-0.05, 0) is 68.8 Å². The first kappa shape index (κ1) is 26.3. The van der Waals surface area contributed by atoms with Crippen molar-refractivity contribution in [3.63, 3.8) is 0 Å². The molecule has 33 heavy (non-hydrogen) atoms. The van der Waals surface area contributed by atoms with Gasteiger partial charge in [0.25, 0.3) is 0 Å². The Morgan fingerprint density at radius 3 is 2.33 bits per heavy atom. The number of aromatic nitrogens is 1. The van der Waals surface area contributed by atoms with Gasteiger partial charge in [0, 0.05) is 10.5 Å². The van der Waals surface area contributed by atoms with Gasteiger partial charge in [0.05, 0.1) is 16.5 Å². The van der Waals surface area contributed by atoms with Crippen LogP contribution in [0.2, 0.25) is 0 Å². The number of carbonyl (C=O) groups is 1. The molecule has 1 N–H and O–H groups in total. The number of ether oxygens (including phenoxy) is 1. The van der Waals surface area contributed by atoms with Crippen LogP contribution in [0.4, 0.5) is 13.2 Å². The summed E-state index contributed by atoms with van der Waals surface area (Å²) in [5.74, 6) is 0.349. The van der Waals surface area contributed by atoms with Gasteiger partial charge in [0.1, 0.15) is 11.5 Å². The molecule has 1 atom stereocenters. The van der Waals surface area contributed by atoms with Crippen molar-refractivity contribution in [2.24, 2.45) is 0 Å². The van der Waals surface area contributed by atoms with E-state index in [1.807, 2.05) is 39.8 Å². The average molecular weight is 482 g/mol. The number of aryl methyl sites for hydroxylation is 2. The summed E-state index contributed by atoms with van der Waals surface area (Å²) < 4.78 is 49.4. The molecule has 1 unspecified atom stereocenters. The molecule has 178 valence electrons. The van der Waals surface area contributed by atoms with Crippen LogP contribution in [0.1, 0.15) is 48.6 Å². The van der Waals surface area contributed by atoms with Gasteiger partial charge in [-0.3, -0.25) is 0 Å². The average Bonchev–Trinajstić information content (AvgIpc) is 3.16. The van der Waals surface area contributed by atoms with Crippen molar-refractivity contribution >= 4 is 17.7 Å². The molecule has 3 aromatic rings. The third kappa shape index (κ3) is 7.02. The van der Waals surface area contributed by atoms with E-state index in [2.05, 4.69) is 4.98 Å². The largest absolute Gasteiger partial charge is 0.482 e. The second kappa shape index (κ2) is 11.3. The highest BCUT2D eigenvalue weighted by Crippen LogP contribution is 2.39. The molecule has 1 heterocycles. The summed E-state index contributed by atoms with van der Waals surface area (Å²) in [4.78, 5) is 16.0. The van der Waals surface area contributed by atoms with Crippen molar-refractivity contribution in [3.05, 3.63) is 65.0 Å². The standard InChI is InChI=1S/C22H20F3NO4S.C2H6/c1-12-10-17(8-9-18(12)29-11-19(27)28)31-14(3)20-13(2)26-21(30-20)15-4-6-16(7-5-15)22(23,24)25;1-2/h4-10,14H,11H2,1-3H3,(H,27,28);1-2H3. The van der Waals surface area contributed by atoms with Gasteiger partial charge in [-0.2, -0.15) is 13.2 Å². The van der Waals surface area contributed by atoms with Crippen LogP contribution in [0.5, 0.6) is 5.75 Å². The van der Waals surface area contributed by atoms with Crippen LogP contribution < -0.4 is 4.74 Å². The highest BCUT2D eigenvalue weighted by molar-refractivity contribution is 7.99. The van der Waals surface area contributed by atoms with Gasteiger partial charge in [-0.25, -0.2) is 9.78 Å². The number of aliphatic carboxylic acids is 1. The predicted molar refractivity (Wildman–Crippen MR) is 122 cm³/mol. The Balaban J connectivity index is 0.00000187. The predicted octanol–water partition coefficient (Wildman–Crippen LogP) is 7.32. The van der Waals surface area contributed by atoms with Crippen molar-refractivity contribution in [2.45, 2.75) is 50.9 Å². The molecule has 0 bridgehead atoms. The van der Waals surface area contributed by atoms with Crippen LogP contribution in [0.15, 0.2) is 51.8 Å². The Labute approximate surface area is 195 Å². The van der Waals surface area contributed by atoms with Gasteiger partial charge in [0.2, 0.25) is 5.89 Å². The molecule has 0 aliphatic carbocycles. The molecule has 3 rings (SSSR count). The molecule has 9 heteroatoms. The number of halogens is 3. The normalized spacial score (nSPS) is 12.0. The van der Waals surface area contributed by atoms with E-state index < -0.39 is 24.3 Å². The lowest BCUT2D eigenvalue weighted by atomic mass is 10.1. The highest BCUT2D eigenvalue weighted by atomic mass is 32.2. The van der Waals surface area contributed by atoms with Crippen LogP contribution in [0, 0.1) is 13.8 Å². The number of oxazole rings is 1. The summed E-state index contributed by atoms with van der Waals surface area (Å²) in [7, 11) is 0. The topological polar surface area (TPSA) is 72.6 Å². The summed E-state index contributed by atoms with van der Waals surface area (Å²) in [5.41, 5.74) is 1.20. The maximum Gasteiger partial charge on any atom is 0.416 e. The fraction of sp³-hybridized carbons (Fsp3) is 0.333. The Kier molecular flexibility index (Phi) is 8.99. The van der Waals surface area contributed by atoms with Crippen LogP contribution in [0.25, 0.3) is 11.5 Å². The molecule has 0 aliphatic heterocycles. The second-order valence-electron chi connectivity index (χ2n) is 6.91. The molecular weight excluding hydrogens is 455 g/mol. The van der Waals surface area contributed by atoms with Crippen LogP contribution in [-0.2, 0) is 11.0 Å². The number of alkyl halides is 3. The number of carboxylic acids is 1. The molecular formula is C24H26F3NO4S. The highest BCUT2D eigenvalue weighted by Gasteiger charge is 2.30. The van der Waals surface area contributed by atoms with Crippen molar-refractivity contribution in [1.82, 2.24) is 4.98 Å². The molecule has 0 saturated carbocycles. The summed E-state index contributed by atoms with van der Waals surface area (Å²) >= 11 is 1.52. The number of thioether (sulfide) groups is 1. The molecule has 0 aliphatic rings. The first-order chi connectivity index (χ1) is 15.5. The van der Waals surface area contributed by atoms with E-state index >= 15 is 0 Å². The molecule has 2 aromatic carbocycles. The zero-order valence-electron chi connectivity index (χ0n) is 19.0. The van der Waals surface area contributed by atoms with Crippen LogP contribution in [-0.4, -0.2) is 22.7 Å². The number of carboxylic acid groups (broad SMARTS) is 1. The number of rotatable bonds is 7. The van der Waals surface area contributed by atoms with Gasteiger partial charge in [-0.15, -0.1) is 11.8 Å². The Morgan fingerprint density at radius 2 is 1.79 bits per heavy atom. The van der Waals surface area contributed by atoms with Gasteiger partial charge >= 0.3 is 12.1 Å². The number of nitrogens with zero attached hydrogens (tertiary/aromatic N) is 1. The minimum Gasteiger partial charge on any atom is -0.482 e. The zero-order chi connectivity index (χ0) is 24.8. The van der Waals surface area contributed by atoms with Crippen LogP contribution in [0.3, 0.4) is 0 Å². The first-order valence-electron chi connectivity index (χ1n) is 10.3. The Morgan fingerprint density at radius 1 is 1.15 bits per heavy atom. The number of benzene rings is 2. The summed E-state index contributed by atoms with van der Waals surface area (Å²) in [5, 5.41) is 8.62. The summed E-state index contributed by atoms with van der Waals surface area (Å²) in [6, 6.07) is 10.1. The maximum atomic E-state index is 12.8. The Bertz CT molecular complexity index is 1080. The minimum absolute atomic E-state index is 0.110. The number of hydrogen-bond acceptors (Lipinski definition) is 5. The second-order valence-corrected chi connectivity index (χ2v) is 8.33. The van der Waals surface area contributed by atoms with E-state index in [1.165, 1.54) is 23.9 Å².